The maximum atomic E-state index is 12.9. The zero-order chi connectivity index (χ0) is 16.6. The van der Waals surface area contributed by atoms with Crippen LogP contribution in [0, 0.1) is 0 Å². The Morgan fingerprint density at radius 2 is 1.74 bits per heavy atom. The molecule has 1 aromatic carbocycles. The van der Waals surface area contributed by atoms with Gasteiger partial charge in [0.25, 0.3) is 0 Å². The van der Waals surface area contributed by atoms with Crippen LogP contribution in [-0.4, -0.2) is 25.5 Å². The highest BCUT2D eigenvalue weighted by atomic mass is 35.5. The molecular formula is C16H21ClF3NO2. The van der Waals surface area contributed by atoms with Gasteiger partial charge in [0.1, 0.15) is 11.1 Å². The van der Waals surface area contributed by atoms with E-state index in [4.69, 9.17) is 4.74 Å². The number of hydrogen-bond donors (Lipinski definition) is 1. The number of hydrogen-bond acceptors (Lipinski definition) is 3. The summed E-state index contributed by atoms with van der Waals surface area (Å²) in [5.74, 6) is -0.143. The molecule has 0 aromatic heterocycles. The van der Waals surface area contributed by atoms with Gasteiger partial charge in [0.2, 0.25) is 0 Å². The van der Waals surface area contributed by atoms with Gasteiger partial charge in [0.05, 0.1) is 5.56 Å². The van der Waals surface area contributed by atoms with Crippen LogP contribution >= 0.6 is 12.4 Å². The quantitative estimate of drug-likeness (QED) is 0.902. The molecule has 7 heteroatoms. The zero-order valence-corrected chi connectivity index (χ0v) is 14.1. The molecule has 1 saturated carbocycles. The highest BCUT2D eigenvalue weighted by molar-refractivity contribution is 5.97. The summed E-state index contributed by atoms with van der Waals surface area (Å²) in [6.45, 7) is 1.73. The smallest absolute Gasteiger partial charge is 0.371 e. The normalized spacial score (nSPS) is 28.3. The lowest BCUT2D eigenvalue weighted by Gasteiger charge is -2.44. The number of rotatable bonds is 3. The van der Waals surface area contributed by atoms with Gasteiger partial charge >= 0.3 is 6.18 Å². The molecule has 0 bridgehead atoms. The molecule has 1 aromatic rings. The van der Waals surface area contributed by atoms with E-state index in [9.17, 15) is 18.0 Å². The zero-order valence-electron chi connectivity index (χ0n) is 13.3. The first-order chi connectivity index (χ1) is 10.2. The van der Waals surface area contributed by atoms with E-state index in [0.717, 1.165) is 18.6 Å². The van der Waals surface area contributed by atoms with Crippen molar-refractivity contribution in [2.75, 3.05) is 14.2 Å². The van der Waals surface area contributed by atoms with E-state index in [1.807, 2.05) is 0 Å². The highest BCUT2D eigenvalue weighted by Gasteiger charge is 2.51. The summed E-state index contributed by atoms with van der Waals surface area (Å²) in [5.41, 5.74) is -2.12. The van der Waals surface area contributed by atoms with Gasteiger partial charge in [-0.2, -0.15) is 13.2 Å². The molecule has 1 fully saturated rings. The summed E-state index contributed by atoms with van der Waals surface area (Å²) in [7, 11) is 3.13. The van der Waals surface area contributed by atoms with E-state index in [2.05, 4.69) is 5.32 Å². The van der Waals surface area contributed by atoms with Crippen LogP contribution in [0.3, 0.4) is 0 Å². The minimum atomic E-state index is -4.39. The summed E-state index contributed by atoms with van der Waals surface area (Å²) in [4.78, 5) is 12.9. The number of alkyl halides is 3. The molecule has 0 radical (unpaired) electrons. The van der Waals surface area contributed by atoms with Crippen LogP contribution in [0.25, 0.3) is 0 Å². The molecule has 2 rings (SSSR count). The van der Waals surface area contributed by atoms with Crippen molar-refractivity contribution >= 4 is 18.2 Å². The fourth-order valence-corrected chi connectivity index (χ4v) is 3.17. The molecule has 0 spiro atoms. The molecule has 0 amide bonds. The molecular weight excluding hydrogens is 331 g/mol. The number of carbonyl (C=O) groups excluding carboxylic acids is 1. The third kappa shape index (κ3) is 3.39. The average molecular weight is 352 g/mol. The van der Waals surface area contributed by atoms with Crippen LogP contribution in [0.2, 0.25) is 0 Å². The van der Waals surface area contributed by atoms with Crippen LogP contribution in [-0.2, 0) is 21.2 Å². The Balaban J connectivity index is 0.00000264. The third-order valence-corrected chi connectivity index (χ3v) is 4.66. The van der Waals surface area contributed by atoms with Gasteiger partial charge in [0.15, 0.2) is 5.78 Å². The molecule has 130 valence electrons. The van der Waals surface area contributed by atoms with Crippen LogP contribution in [0.1, 0.15) is 37.3 Å². The second-order valence-electron chi connectivity index (χ2n) is 5.85. The fourth-order valence-electron chi connectivity index (χ4n) is 3.17. The van der Waals surface area contributed by atoms with Crippen molar-refractivity contribution in [2.24, 2.45) is 0 Å². The van der Waals surface area contributed by atoms with Crippen molar-refractivity contribution in [1.29, 1.82) is 0 Å². The lowest BCUT2D eigenvalue weighted by atomic mass is 9.69. The number of carbonyl (C=O) groups is 1. The molecule has 2 atom stereocenters. The van der Waals surface area contributed by atoms with E-state index in [1.54, 1.807) is 14.0 Å². The third-order valence-electron chi connectivity index (χ3n) is 4.66. The Morgan fingerprint density at radius 3 is 2.17 bits per heavy atom. The van der Waals surface area contributed by atoms with Crippen LogP contribution in [0.5, 0.6) is 0 Å². The standard InChI is InChI=1S/C16H20F3NO2.ClH/c1-14(22-3)9-4-10-15(20-2,13(14)21)11-5-7-12(8-6-11)16(17,18)19;/h5-8,20H,4,9-10H2,1-3H3;1H/t14-,15+;/m0./s1. The maximum Gasteiger partial charge on any atom is 0.416 e. The Morgan fingerprint density at radius 1 is 1.17 bits per heavy atom. The molecule has 0 saturated heterocycles. The minimum Gasteiger partial charge on any atom is -0.371 e. The monoisotopic (exact) mass is 351 g/mol. The minimum absolute atomic E-state index is 0. The Hall–Kier alpha value is -1.11. The first-order valence-electron chi connectivity index (χ1n) is 7.16. The molecule has 0 heterocycles. The average Bonchev–Trinajstić information content (AvgIpc) is 2.50. The van der Waals surface area contributed by atoms with E-state index < -0.39 is 22.9 Å². The molecule has 0 aliphatic heterocycles. The SMILES string of the molecule is CN[C@@]1(c2ccc(C(F)(F)F)cc2)CCC[C@](C)(OC)C1=O.Cl. The number of likely N-dealkylation sites (N-methyl/N-ethyl adjacent to an activating group) is 1. The predicted molar refractivity (Wildman–Crippen MR) is 83.7 cm³/mol. The van der Waals surface area contributed by atoms with Gasteiger partial charge < -0.3 is 10.1 Å². The second kappa shape index (κ2) is 6.79. The van der Waals surface area contributed by atoms with Gasteiger partial charge in [-0.05, 0) is 50.9 Å². The van der Waals surface area contributed by atoms with Crippen LogP contribution in [0.4, 0.5) is 13.2 Å². The van der Waals surface area contributed by atoms with Crippen molar-refractivity contribution in [3.05, 3.63) is 35.4 Å². The van der Waals surface area contributed by atoms with Gasteiger partial charge in [-0.25, -0.2) is 0 Å². The van der Waals surface area contributed by atoms with Crippen LogP contribution in [0.15, 0.2) is 24.3 Å². The Kier molecular flexibility index (Phi) is 5.88. The maximum absolute atomic E-state index is 12.9. The molecule has 1 aliphatic carbocycles. The first-order valence-corrected chi connectivity index (χ1v) is 7.16. The summed E-state index contributed by atoms with van der Waals surface area (Å²) in [5, 5.41) is 3.02. The lowest BCUT2D eigenvalue weighted by molar-refractivity contribution is -0.152. The predicted octanol–water partition coefficient (Wildman–Crippen LogP) is 3.70. The summed E-state index contributed by atoms with van der Waals surface area (Å²) < 4.78 is 43.5. The lowest BCUT2D eigenvalue weighted by Crippen LogP contribution is -2.59. The summed E-state index contributed by atoms with van der Waals surface area (Å²) in [6, 6.07) is 4.78. The van der Waals surface area contributed by atoms with Crippen molar-refractivity contribution in [3.8, 4) is 0 Å². The van der Waals surface area contributed by atoms with Crippen molar-refractivity contribution in [2.45, 2.75) is 43.5 Å². The van der Waals surface area contributed by atoms with E-state index in [-0.39, 0.29) is 18.2 Å². The number of Topliss-reactive ketones (excluding diaryl/α,β-unsaturated/α-hetero) is 1. The Bertz CT molecular complexity index is 561. The first kappa shape index (κ1) is 19.9. The molecule has 1 N–H and O–H groups in total. The van der Waals surface area contributed by atoms with Crippen molar-refractivity contribution in [3.63, 3.8) is 0 Å². The van der Waals surface area contributed by atoms with Crippen LogP contribution < -0.4 is 5.32 Å². The summed E-state index contributed by atoms with van der Waals surface area (Å²) >= 11 is 0. The van der Waals surface area contributed by atoms with Crippen molar-refractivity contribution < 1.29 is 22.7 Å². The van der Waals surface area contributed by atoms with Crippen molar-refractivity contribution in [1.82, 2.24) is 5.32 Å². The number of ether oxygens (including phenoxy) is 1. The number of benzene rings is 1. The number of ketones is 1. The molecule has 3 nitrogen and oxygen atoms in total. The van der Waals surface area contributed by atoms with E-state index in [1.165, 1.54) is 19.2 Å². The number of halogens is 4. The molecule has 23 heavy (non-hydrogen) atoms. The fraction of sp³-hybridized carbons (Fsp3) is 0.562. The van der Waals surface area contributed by atoms with Gasteiger partial charge in [-0.1, -0.05) is 12.1 Å². The number of methoxy groups -OCH3 is 1. The number of nitrogens with one attached hydrogen (secondary N) is 1. The van der Waals surface area contributed by atoms with Gasteiger partial charge in [-0.3, -0.25) is 4.79 Å². The highest BCUT2D eigenvalue weighted by Crippen LogP contribution is 2.41. The van der Waals surface area contributed by atoms with Gasteiger partial charge in [-0.15, -0.1) is 12.4 Å². The summed E-state index contributed by atoms with van der Waals surface area (Å²) in [6.07, 6.45) is -2.50. The van der Waals surface area contributed by atoms with E-state index >= 15 is 0 Å². The van der Waals surface area contributed by atoms with E-state index in [0.29, 0.717) is 18.4 Å². The Labute approximate surface area is 140 Å². The largest absolute Gasteiger partial charge is 0.416 e. The van der Waals surface area contributed by atoms with Gasteiger partial charge in [0, 0.05) is 7.11 Å². The molecule has 0 unspecified atom stereocenters. The topological polar surface area (TPSA) is 38.3 Å². The second-order valence-corrected chi connectivity index (χ2v) is 5.85. The molecule has 1 aliphatic rings.